The normalized spacial score (nSPS) is 19.7. The number of pyridine rings is 1. The summed E-state index contributed by atoms with van der Waals surface area (Å²) in [7, 11) is 0. The van der Waals surface area contributed by atoms with Gasteiger partial charge >= 0.3 is 0 Å². The van der Waals surface area contributed by atoms with E-state index in [4.69, 9.17) is 9.26 Å². The highest BCUT2D eigenvalue weighted by Gasteiger charge is 2.56. The van der Waals surface area contributed by atoms with Crippen LogP contribution < -0.4 is 10.1 Å². The number of phenolic OH excluding ortho intramolecular Hbond substituents is 2. The van der Waals surface area contributed by atoms with Gasteiger partial charge in [0.2, 0.25) is 11.7 Å². The molecule has 212 valence electrons. The standard InChI is InChI=1S/C29H28N4O7S/c1-13-23(36)21(15(3)34)25-22(24(13)37)29(4)19(39-25)12-18(35)20(26(29)38)14(2)31-17(8-11-41-5)28-32-27(33-40-28)16-6-9-30-10-7-16/h6-7,9-10,12,17,31,36-37H,8,11H2,1-5H3. The predicted octanol–water partition coefficient (Wildman–Crippen LogP) is 4.10. The molecule has 5 rings (SSSR count). The monoisotopic (exact) mass is 576 g/mol. The zero-order valence-electron chi connectivity index (χ0n) is 23.1. The summed E-state index contributed by atoms with van der Waals surface area (Å²) in [5, 5.41) is 28.9. The van der Waals surface area contributed by atoms with Crippen molar-refractivity contribution < 1.29 is 33.9 Å². The Balaban J connectivity index is 1.56. The summed E-state index contributed by atoms with van der Waals surface area (Å²) >= 11 is 1.61. The molecule has 0 amide bonds. The third-order valence-electron chi connectivity index (χ3n) is 7.44. The fraction of sp³-hybridized carbons (Fsp3) is 0.310. The number of ketones is 3. The molecule has 12 heteroatoms. The molecular formula is C29H28N4O7S. The lowest BCUT2D eigenvalue weighted by Gasteiger charge is -2.29. The quantitative estimate of drug-likeness (QED) is 0.200. The summed E-state index contributed by atoms with van der Waals surface area (Å²) in [6.45, 7) is 5.81. The maximum absolute atomic E-state index is 14.1. The Morgan fingerprint density at radius 3 is 2.54 bits per heavy atom. The van der Waals surface area contributed by atoms with E-state index in [2.05, 4.69) is 20.4 Å². The number of nitrogens with one attached hydrogen (secondary N) is 1. The van der Waals surface area contributed by atoms with Gasteiger partial charge in [0.1, 0.15) is 40.0 Å². The molecule has 11 nitrogen and oxygen atoms in total. The van der Waals surface area contributed by atoms with E-state index in [9.17, 15) is 24.6 Å². The molecular weight excluding hydrogens is 548 g/mol. The van der Waals surface area contributed by atoms with Gasteiger partial charge in [-0.1, -0.05) is 5.16 Å². The molecule has 2 aliphatic rings. The third kappa shape index (κ3) is 4.48. The van der Waals surface area contributed by atoms with E-state index in [1.165, 1.54) is 26.8 Å². The summed E-state index contributed by atoms with van der Waals surface area (Å²) in [6, 6.07) is 3.00. The lowest BCUT2D eigenvalue weighted by Crippen LogP contribution is -2.41. The number of hydrogen-bond donors (Lipinski definition) is 3. The first-order chi connectivity index (χ1) is 19.5. The second-order valence-electron chi connectivity index (χ2n) is 10.1. The number of carbonyl (C=O) groups excluding carboxylic acids is 3. The molecule has 3 aromatic rings. The Morgan fingerprint density at radius 2 is 1.88 bits per heavy atom. The van der Waals surface area contributed by atoms with Crippen LogP contribution in [0.25, 0.3) is 11.4 Å². The predicted molar refractivity (Wildman–Crippen MR) is 150 cm³/mol. The number of Topliss-reactive ketones (excluding diaryl/α,β-unsaturated/α-hetero) is 2. The number of aromatic hydroxyl groups is 2. The maximum Gasteiger partial charge on any atom is 0.249 e. The number of allylic oxidation sites excluding steroid dienone is 4. The van der Waals surface area contributed by atoms with Crippen LogP contribution in [0.4, 0.5) is 0 Å². The van der Waals surface area contributed by atoms with Crippen molar-refractivity contribution in [1.29, 1.82) is 0 Å². The van der Waals surface area contributed by atoms with Gasteiger partial charge in [-0.05, 0) is 58.3 Å². The van der Waals surface area contributed by atoms with Crippen LogP contribution in [0.15, 0.2) is 52.2 Å². The van der Waals surface area contributed by atoms with Crippen LogP contribution in [-0.4, -0.2) is 54.7 Å². The zero-order valence-corrected chi connectivity index (χ0v) is 23.9. The second kappa shape index (κ2) is 10.5. The van der Waals surface area contributed by atoms with Crippen LogP contribution in [0.5, 0.6) is 17.2 Å². The topological polar surface area (TPSA) is 165 Å². The fourth-order valence-electron chi connectivity index (χ4n) is 5.18. The van der Waals surface area contributed by atoms with Gasteiger partial charge in [0, 0.05) is 35.3 Å². The number of nitrogens with zero attached hydrogens (tertiary/aromatic N) is 3. The highest BCUT2D eigenvalue weighted by molar-refractivity contribution is 7.98. The average molecular weight is 577 g/mol. The number of benzene rings is 1. The number of thioether (sulfide) groups is 1. The molecule has 0 saturated carbocycles. The first-order valence-electron chi connectivity index (χ1n) is 12.8. The number of ether oxygens (including phenoxy) is 1. The molecule has 3 N–H and O–H groups in total. The zero-order chi connectivity index (χ0) is 29.6. The Kier molecular flexibility index (Phi) is 7.20. The molecule has 1 aliphatic carbocycles. The summed E-state index contributed by atoms with van der Waals surface area (Å²) < 4.78 is 11.4. The van der Waals surface area contributed by atoms with Gasteiger partial charge in [0.15, 0.2) is 17.3 Å². The van der Waals surface area contributed by atoms with Crippen molar-refractivity contribution in [1.82, 2.24) is 20.4 Å². The molecule has 41 heavy (non-hydrogen) atoms. The van der Waals surface area contributed by atoms with E-state index in [0.717, 1.165) is 11.3 Å². The average Bonchev–Trinajstić information content (AvgIpc) is 3.54. The van der Waals surface area contributed by atoms with Crippen molar-refractivity contribution in [3.05, 3.63) is 70.2 Å². The smallest absolute Gasteiger partial charge is 0.249 e. The van der Waals surface area contributed by atoms with Crippen LogP contribution in [0.2, 0.25) is 0 Å². The molecule has 2 atom stereocenters. The van der Waals surface area contributed by atoms with Gasteiger partial charge in [-0.2, -0.15) is 16.7 Å². The van der Waals surface area contributed by atoms with Crippen molar-refractivity contribution in [3.8, 4) is 28.6 Å². The number of phenols is 2. The fourth-order valence-corrected chi connectivity index (χ4v) is 5.66. The lowest BCUT2D eigenvalue weighted by molar-refractivity contribution is -0.123. The maximum atomic E-state index is 14.1. The highest BCUT2D eigenvalue weighted by Crippen LogP contribution is 2.57. The SMILES string of the molecule is CSCCC(NC(C)=C1C(=O)C=C2Oc3c(C(C)=O)c(O)c(C)c(O)c3C2(C)C1=O)c1nc(-c2ccncc2)no1. The largest absolute Gasteiger partial charge is 0.507 e. The highest BCUT2D eigenvalue weighted by atomic mass is 32.2. The molecule has 1 aliphatic heterocycles. The van der Waals surface area contributed by atoms with E-state index in [1.54, 1.807) is 43.2 Å². The first-order valence-corrected chi connectivity index (χ1v) is 14.2. The van der Waals surface area contributed by atoms with Crippen LogP contribution in [0.1, 0.15) is 60.6 Å². The Morgan fingerprint density at radius 1 is 1.17 bits per heavy atom. The van der Waals surface area contributed by atoms with Crippen LogP contribution in [-0.2, 0) is 15.0 Å². The van der Waals surface area contributed by atoms with Gasteiger partial charge < -0.3 is 24.8 Å². The third-order valence-corrected chi connectivity index (χ3v) is 8.08. The van der Waals surface area contributed by atoms with Crippen molar-refractivity contribution in [2.45, 2.75) is 45.6 Å². The minimum atomic E-state index is -1.61. The molecule has 0 bridgehead atoms. The molecule has 2 aromatic heterocycles. The number of fused-ring (bicyclic) bond motifs is 3. The molecule has 0 saturated heterocycles. The summed E-state index contributed by atoms with van der Waals surface area (Å²) in [4.78, 5) is 48.4. The van der Waals surface area contributed by atoms with Crippen molar-refractivity contribution >= 4 is 29.1 Å². The molecule has 0 fully saturated rings. The molecule has 3 heterocycles. The molecule has 2 unspecified atom stereocenters. The molecule has 1 aromatic carbocycles. The van der Waals surface area contributed by atoms with Crippen LogP contribution in [0, 0.1) is 6.92 Å². The molecule has 0 spiro atoms. The Hall–Kier alpha value is -4.45. The Labute approximate surface area is 239 Å². The minimum absolute atomic E-state index is 0.0281. The van der Waals surface area contributed by atoms with Crippen molar-refractivity contribution in [3.63, 3.8) is 0 Å². The van der Waals surface area contributed by atoms with E-state index in [-0.39, 0.29) is 51.1 Å². The van der Waals surface area contributed by atoms with Gasteiger partial charge in [0.25, 0.3) is 0 Å². The van der Waals surface area contributed by atoms with Crippen molar-refractivity contribution in [2.75, 3.05) is 12.0 Å². The second-order valence-corrected chi connectivity index (χ2v) is 11.0. The van der Waals surface area contributed by atoms with Gasteiger partial charge in [-0.25, -0.2) is 0 Å². The summed E-state index contributed by atoms with van der Waals surface area (Å²) in [6.07, 6.45) is 6.94. The van der Waals surface area contributed by atoms with E-state index in [1.807, 2.05) is 6.26 Å². The minimum Gasteiger partial charge on any atom is -0.507 e. The summed E-state index contributed by atoms with van der Waals surface area (Å²) in [5.74, 6) is -1.33. The van der Waals surface area contributed by atoms with E-state index in [0.29, 0.717) is 12.2 Å². The van der Waals surface area contributed by atoms with Crippen LogP contribution >= 0.6 is 11.8 Å². The number of carbonyl (C=O) groups is 3. The van der Waals surface area contributed by atoms with Crippen molar-refractivity contribution in [2.24, 2.45) is 0 Å². The lowest BCUT2D eigenvalue weighted by atomic mass is 9.70. The van der Waals surface area contributed by atoms with Crippen LogP contribution in [0.3, 0.4) is 0 Å². The number of aromatic nitrogens is 3. The van der Waals surface area contributed by atoms with E-state index >= 15 is 0 Å². The first kappa shape index (κ1) is 28.1. The summed E-state index contributed by atoms with van der Waals surface area (Å²) in [5.41, 5.74) is -0.837. The number of hydrogen-bond acceptors (Lipinski definition) is 12. The van der Waals surface area contributed by atoms with Gasteiger partial charge in [-0.3, -0.25) is 19.4 Å². The van der Waals surface area contributed by atoms with E-state index < -0.39 is 34.6 Å². The van der Waals surface area contributed by atoms with Gasteiger partial charge in [0.05, 0.1) is 11.1 Å². The molecule has 0 radical (unpaired) electrons. The number of rotatable bonds is 8. The Bertz CT molecular complexity index is 1660. The van der Waals surface area contributed by atoms with Gasteiger partial charge in [-0.15, -0.1) is 0 Å².